The molecule has 0 bridgehead atoms. The smallest absolute Gasteiger partial charge is 0.271 e. The molecule has 0 aliphatic heterocycles. The van der Waals surface area contributed by atoms with Crippen molar-refractivity contribution >= 4 is 17.6 Å². The Labute approximate surface area is 157 Å². The minimum atomic E-state index is -0.290. The SMILES string of the molecule is Cn1nc(C(=O)NCCc2ccco2)cc1NC(=O)CCc1ccccc1. The third kappa shape index (κ3) is 5.31. The van der Waals surface area contributed by atoms with Crippen molar-refractivity contribution in [2.24, 2.45) is 7.05 Å². The fourth-order valence-corrected chi connectivity index (χ4v) is 2.65. The summed E-state index contributed by atoms with van der Waals surface area (Å²) in [6.45, 7) is 0.446. The number of nitrogens with zero attached hydrogens (tertiary/aromatic N) is 2. The zero-order chi connectivity index (χ0) is 19.1. The van der Waals surface area contributed by atoms with E-state index in [-0.39, 0.29) is 17.5 Å². The average molecular weight is 366 g/mol. The van der Waals surface area contributed by atoms with E-state index in [1.165, 1.54) is 4.68 Å². The molecule has 0 unspecified atom stereocenters. The number of aryl methyl sites for hydroxylation is 2. The van der Waals surface area contributed by atoms with Gasteiger partial charge in [0.25, 0.3) is 5.91 Å². The first-order valence-electron chi connectivity index (χ1n) is 8.80. The summed E-state index contributed by atoms with van der Waals surface area (Å²) in [6, 6.07) is 15.1. The normalized spacial score (nSPS) is 10.6. The van der Waals surface area contributed by atoms with Crippen LogP contribution < -0.4 is 10.6 Å². The molecule has 0 saturated carbocycles. The molecule has 0 spiro atoms. The number of anilines is 1. The van der Waals surface area contributed by atoms with Crippen LogP contribution in [0.1, 0.15) is 28.2 Å². The summed E-state index contributed by atoms with van der Waals surface area (Å²) in [6.07, 6.45) is 3.22. The molecule has 0 aliphatic rings. The number of carbonyl (C=O) groups is 2. The molecule has 0 atom stereocenters. The first-order valence-corrected chi connectivity index (χ1v) is 8.80. The first-order chi connectivity index (χ1) is 13.1. The lowest BCUT2D eigenvalue weighted by Crippen LogP contribution is -2.26. The van der Waals surface area contributed by atoms with E-state index >= 15 is 0 Å². The molecule has 27 heavy (non-hydrogen) atoms. The quantitative estimate of drug-likeness (QED) is 0.641. The molecule has 1 aromatic carbocycles. The number of nitrogens with one attached hydrogen (secondary N) is 2. The summed E-state index contributed by atoms with van der Waals surface area (Å²) >= 11 is 0. The minimum Gasteiger partial charge on any atom is -0.469 e. The van der Waals surface area contributed by atoms with Crippen LogP contribution in [0.15, 0.2) is 59.2 Å². The molecular formula is C20H22N4O3. The van der Waals surface area contributed by atoms with Crippen molar-refractivity contribution in [1.29, 1.82) is 0 Å². The largest absolute Gasteiger partial charge is 0.469 e. The second kappa shape index (κ2) is 8.84. The van der Waals surface area contributed by atoms with Gasteiger partial charge < -0.3 is 15.1 Å². The third-order valence-electron chi connectivity index (χ3n) is 4.10. The van der Waals surface area contributed by atoms with E-state index in [0.29, 0.717) is 31.6 Å². The zero-order valence-corrected chi connectivity index (χ0v) is 15.1. The number of carbonyl (C=O) groups excluding carboxylic acids is 2. The van der Waals surface area contributed by atoms with Crippen LogP contribution in [0.3, 0.4) is 0 Å². The van der Waals surface area contributed by atoms with E-state index in [4.69, 9.17) is 4.42 Å². The van der Waals surface area contributed by atoms with E-state index in [1.54, 1.807) is 19.4 Å². The van der Waals surface area contributed by atoms with Gasteiger partial charge in [0.2, 0.25) is 5.91 Å². The fraction of sp³-hybridized carbons (Fsp3) is 0.250. The Balaban J connectivity index is 1.49. The summed E-state index contributed by atoms with van der Waals surface area (Å²) in [7, 11) is 1.69. The molecule has 0 aliphatic carbocycles. The molecule has 2 aromatic heterocycles. The predicted octanol–water partition coefficient (Wildman–Crippen LogP) is 2.56. The Morgan fingerprint density at radius 2 is 1.93 bits per heavy atom. The number of benzene rings is 1. The molecule has 0 saturated heterocycles. The van der Waals surface area contributed by atoms with Crippen molar-refractivity contribution in [3.8, 4) is 0 Å². The lowest BCUT2D eigenvalue weighted by Gasteiger charge is -2.05. The van der Waals surface area contributed by atoms with E-state index in [2.05, 4.69) is 15.7 Å². The van der Waals surface area contributed by atoms with Gasteiger partial charge in [-0.2, -0.15) is 5.10 Å². The van der Waals surface area contributed by atoms with Crippen molar-refractivity contribution in [1.82, 2.24) is 15.1 Å². The standard InChI is InChI=1S/C20H22N4O3/c1-24-18(22-19(25)10-9-15-6-3-2-4-7-15)14-17(23-24)20(26)21-12-11-16-8-5-13-27-16/h2-8,13-14H,9-12H2,1H3,(H,21,26)(H,22,25). The van der Waals surface area contributed by atoms with Crippen LogP contribution in [0.25, 0.3) is 0 Å². The van der Waals surface area contributed by atoms with Crippen molar-refractivity contribution in [2.45, 2.75) is 19.3 Å². The van der Waals surface area contributed by atoms with E-state index in [0.717, 1.165) is 11.3 Å². The van der Waals surface area contributed by atoms with Crippen LogP contribution in [-0.4, -0.2) is 28.1 Å². The zero-order valence-electron chi connectivity index (χ0n) is 15.1. The molecule has 3 rings (SSSR count). The van der Waals surface area contributed by atoms with Crippen LogP contribution >= 0.6 is 0 Å². The second-order valence-corrected chi connectivity index (χ2v) is 6.16. The number of hydrogen-bond acceptors (Lipinski definition) is 4. The summed E-state index contributed by atoms with van der Waals surface area (Å²) in [5.74, 6) is 0.889. The van der Waals surface area contributed by atoms with E-state index in [9.17, 15) is 9.59 Å². The summed E-state index contributed by atoms with van der Waals surface area (Å²) in [4.78, 5) is 24.4. The van der Waals surface area contributed by atoms with Gasteiger partial charge in [-0.15, -0.1) is 0 Å². The van der Waals surface area contributed by atoms with E-state index in [1.807, 2.05) is 42.5 Å². The Morgan fingerprint density at radius 3 is 2.67 bits per heavy atom. The molecule has 0 fully saturated rings. The molecule has 7 heteroatoms. The maximum absolute atomic E-state index is 12.2. The molecule has 2 amide bonds. The molecule has 3 aromatic rings. The van der Waals surface area contributed by atoms with Gasteiger partial charge in [-0.1, -0.05) is 30.3 Å². The summed E-state index contributed by atoms with van der Waals surface area (Å²) in [5, 5.41) is 9.76. The molecule has 140 valence electrons. The topological polar surface area (TPSA) is 89.2 Å². The highest BCUT2D eigenvalue weighted by Crippen LogP contribution is 2.11. The van der Waals surface area contributed by atoms with Crippen molar-refractivity contribution < 1.29 is 14.0 Å². The number of amides is 2. The maximum Gasteiger partial charge on any atom is 0.271 e. The van der Waals surface area contributed by atoms with Crippen LogP contribution in [0, 0.1) is 0 Å². The number of hydrogen-bond donors (Lipinski definition) is 2. The van der Waals surface area contributed by atoms with Crippen molar-refractivity contribution in [2.75, 3.05) is 11.9 Å². The maximum atomic E-state index is 12.2. The van der Waals surface area contributed by atoms with Gasteiger partial charge in [-0.25, -0.2) is 0 Å². The number of rotatable bonds is 8. The highest BCUT2D eigenvalue weighted by Gasteiger charge is 2.14. The van der Waals surface area contributed by atoms with Gasteiger partial charge in [0.05, 0.1) is 6.26 Å². The van der Waals surface area contributed by atoms with Crippen molar-refractivity contribution in [3.05, 3.63) is 71.8 Å². The lowest BCUT2D eigenvalue weighted by molar-refractivity contribution is -0.116. The van der Waals surface area contributed by atoms with Crippen LogP contribution in [0.5, 0.6) is 0 Å². The number of aromatic nitrogens is 2. The molecule has 7 nitrogen and oxygen atoms in total. The second-order valence-electron chi connectivity index (χ2n) is 6.16. The Hall–Kier alpha value is -3.35. The van der Waals surface area contributed by atoms with Gasteiger partial charge in [0.15, 0.2) is 5.69 Å². The van der Waals surface area contributed by atoms with Gasteiger partial charge in [0, 0.05) is 32.5 Å². The first kappa shape index (κ1) is 18.4. The minimum absolute atomic E-state index is 0.119. The predicted molar refractivity (Wildman–Crippen MR) is 101 cm³/mol. The van der Waals surface area contributed by atoms with Crippen LogP contribution in [-0.2, 0) is 24.7 Å². The highest BCUT2D eigenvalue weighted by atomic mass is 16.3. The molecule has 0 radical (unpaired) electrons. The van der Waals surface area contributed by atoms with Crippen LogP contribution in [0.4, 0.5) is 5.82 Å². The van der Waals surface area contributed by atoms with Crippen molar-refractivity contribution in [3.63, 3.8) is 0 Å². The summed E-state index contributed by atoms with van der Waals surface area (Å²) in [5.41, 5.74) is 1.37. The monoisotopic (exact) mass is 366 g/mol. The fourth-order valence-electron chi connectivity index (χ4n) is 2.65. The Kier molecular flexibility index (Phi) is 6.04. The molecule has 2 N–H and O–H groups in total. The number of furan rings is 1. The van der Waals surface area contributed by atoms with E-state index < -0.39 is 0 Å². The Bertz CT molecular complexity index is 885. The van der Waals surface area contributed by atoms with Crippen LogP contribution in [0.2, 0.25) is 0 Å². The lowest BCUT2D eigenvalue weighted by atomic mass is 10.1. The molecular weight excluding hydrogens is 344 g/mol. The van der Waals surface area contributed by atoms with Gasteiger partial charge in [0.1, 0.15) is 11.6 Å². The Morgan fingerprint density at radius 1 is 1.11 bits per heavy atom. The average Bonchev–Trinajstić information content (AvgIpc) is 3.31. The van der Waals surface area contributed by atoms with Gasteiger partial charge in [-0.05, 0) is 24.1 Å². The highest BCUT2D eigenvalue weighted by molar-refractivity contribution is 5.95. The van der Waals surface area contributed by atoms with Gasteiger partial charge in [-0.3, -0.25) is 14.3 Å². The third-order valence-corrected chi connectivity index (χ3v) is 4.10. The summed E-state index contributed by atoms with van der Waals surface area (Å²) < 4.78 is 6.71. The van der Waals surface area contributed by atoms with Gasteiger partial charge >= 0.3 is 0 Å². The molecule has 2 heterocycles.